The van der Waals surface area contributed by atoms with Crippen molar-refractivity contribution in [3.63, 3.8) is 0 Å². The zero-order valence-corrected chi connectivity index (χ0v) is 11.5. The van der Waals surface area contributed by atoms with E-state index in [1.807, 2.05) is 6.92 Å². The van der Waals surface area contributed by atoms with Gasteiger partial charge in [0.05, 0.1) is 18.2 Å². The highest BCUT2D eigenvalue weighted by atomic mass is 16.5. The first-order chi connectivity index (χ1) is 9.57. The van der Waals surface area contributed by atoms with E-state index in [2.05, 4.69) is 10.5 Å². The van der Waals surface area contributed by atoms with Crippen molar-refractivity contribution in [2.45, 2.75) is 32.7 Å². The number of aliphatic carboxylic acids is 1. The number of nitrogens with zero attached hydrogens (tertiary/aromatic N) is 2. The molecular formula is C13H19N3O4. The number of piperidine rings is 1. The molecule has 1 aliphatic rings. The third-order valence-corrected chi connectivity index (χ3v) is 3.90. The van der Waals surface area contributed by atoms with E-state index < -0.39 is 11.4 Å². The molecule has 0 radical (unpaired) electrons. The average molecular weight is 281 g/mol. The van der Waals surface area contributed by atoms with Gasteiger partial charge >= 0.3 is 12.0 Å². The zero-order chi connectivity index (χ0) is 14.6. The molecule has 7 nitrogen and oxygen atoms in total. The molecule has 2 N–H and O–H groups in total. The molecule has 1 saturated heterocycles. The number of hydrogen-bond acceptors (Lipinski definition) is 4. The molecule has 110 valence electrons. The lowest BCUT2D eigenvalue weighted by molar-refractivity contribution is -0.152. The van der Waals surface area contributed by atoms with E-state index in [-0.39, 0.29) is 19.1 Å². The summed E-state index contributed by atoms with van der Waals surface area (Å²) in [5, 5.41) is 15.7. The molecule has 2 heterocycles. The maximum atomic E-state index is 12.1. The molecule has 1 unspecified atom stereocenters. The maximum absolute atomic E-state index is 12.1. The lowest BCUT2D eigenvalue weighted by Gasteiger charge is -2.39. The van der Waals surface area contributed by atoms with Crippen LogP contribution in [0.15, 0.2) is 16.8 Å². The van der Waals surface area contributed by atoms with Crippen LogP contribution >= 0.6 is 0 Å². The smallest absolute Gasteiger partial charge is 0.317 e. The number of rotatable bonds is 4. The summed E-state index contributed by atoms with van der Waals surface area (Å²) >= 11 is 0. The number of nitrogens with one attached hydrogen (secondary N) is 1. The lowest BCUT2D eigenvalue weighted by atomic mass is 9.78. The molecule has 0 spiro atoms. The van der Waals surface area contributed by atoms with Crippen molar-refractivity contribution in [1.82, 2.24) is 15.4 Å². The van der Waals surface area contributed by atoms with Crippen LogP contribution in [-0.2, 0) is 11.3 Å². The number of aromatic nitrogens is 1. The number of hydrogen-bond donors (Lipinski definition) is 2. The van der Waals surface area contributed by atoms with Crippen molar-refractivity contribution in [2.75, 3.05) is 13.1 Å². The van der Waals surface area contributed by atoms with Crippen LogP contribution < -0.4 is 5.32 Å². The average Bonchev–Trinajstić information content (AvgIpc) is 2.97. The molecular weight excluding hydrogens is 262 g/mol. The number of carboxylic acids is 1. The standard InChI is InChI=1S/C13H19N3O4/c1-2-13(11(17)18)5-3-7-16(9-13)12(19)14-8-10-4-6-15-20-10/h4,6H,2-3,5,7-9H2,1H3,(H,14,19)(H,17,18). The Morgan fingerprint density at radius 2 is 2.40 bits per heavy atom. The van der Waals surface area contributed by atoms with Gasteiger partial charge in [-0.15, -0.1) is 0 Å². The monoisotopic (exact) mass is 281 g/mol. The Kier molecular flexibility index (Phi) is 4.26. The van der Waals surface area contributed by atoms with E-state index in [0.29, 0.717) is 31.6 Å². The molecule has 0 bridgehead atoms. The number of carboxylic acid groups (broad SMARTS) is 1. The quantitative estimate of drug-likeness (QED) is 0.871. The van der Waals surface area contributed by atoms with E-state index in [9.17, 15) is 14.7 Å². The topological polar surface area (TPSA) is 95.7 Å². The Morgan fingerprint density at radius 1 is 1.60 bits per heavy atom. The van der Waals surface area contributed by atoms with Gasteiger partial charge in [0.1, 0.15) is 0 Å². The third-order valence-electron chi connectivity index (χ3n) is 3.90. The van der Waals surface area contributed by atoms with Crippen molar-refractivity contribution in [1.29, 1.82) is 0 Å². The van der Waals surface area contributed by atoms with E-state index >= 15 is 0 Å². The summed E-state index contributed by atoms with van der Waals surface area (Å²) in [5.74, 6) is -0.261. The number of carbonyl (C=O) groups is 2. The number of carbonyl (C=O) groups excluding carboxylic acids is 1. The van der Waals surface area contributed by atoms with Crippen molar-refractivity contribution in [3.8, 4) is 0 Å². The number of likely N-dealkylation sites (tertiary alicyclic amines) is 1. The lowest BCUT2D eigenvalue weighted by Crippen LogP contribution is -2.52. The second-order valence-corrected chi connectivity index (χ2v) is 5.10. The molecule has 1 aliphatic heterocycles. The highest BCUT2D eigenvalue weighted by Gasteiger charge is 2.42. The van der Waals surface area contributed by atoms with Crippen LogP contribution in [0.2, 0.25) is 0 Å². The van der Waals surface area contributed by atoms with Crippen molar-refractivity contribution < 1.29 is 19.2 Å². The summed E-state index contributed by atoms with van der Waals surface area (Å²) < 4.78 is 4.89. The summed E-state index contributed by atoms with van der Waals surface area (Å²) in [6.07, 6.45) is 3.35. The van der Waals surface area contributed by atoms with Crippen LogP contribution in [0.3, 0.4) is 0 Å². The third kappa shape index (κ3) is 2.92. The van der Waals surface area contributed by atoms with Crippen molar-refractivity contribution in [2.24, 2.45) is 5.41 Å². The predicted molar refractivity (Wildman–Crippen MR) is 69.9 cm³/mol. The molecule has 2 amide bonds. The highest BCUT2D eigenvalue weighted by molar-refractivity contribution is 5.78. The molecule has 1 atom stereocenters. The minimum Gasteiger partial charge on any atom is -0.481 e. The second-order valence-electron chi connectivity index (χ2n) is 5.10. The van der Waals surface area contributed by atoms with Crippen LogP contribution in [-0.4, -0.2) is 40.3 Å². The van der Waals surface area contributed by atoms with Gasteiger partial charge in [-0.3, -0.25) is 4.79 Å². The Morgan fingerprint density at radius 3 is 3.00 bits per heavy atom. The molecule has 0 saturated carbocycles. The predicted octanol–water partition coefficient (Wildman–Crippen LogP) is 1.46. The van der Waals surface area contributed by atoms with E-state index in [4.69, 9.17) is 4.52 Å². The van der Waals surface area contributed by atoms with Gasteiger partial charge in [0.2, 0.25) is 0 Å². The van der Waals surface area contributed by atoms with Crippen LogP contribution in [0.1, 0.15) is 31.9 Å². The largest absolute Gasteiger partial charge is 0.481 e. The van der Waals surface area contributed by atoms with E-state index in [1.54, 1.807) is 11.0 Å². The normalized spacial score (nSPS) is 22.6. The van der Waals surface area contributed by atoms with Crippen LogP contribution in [0.4, 0.5) is 4.79 Å². The highest BCUT2D eigenvalue weighted by Crippen LogP contribution is 2.33. The van der Waals surface area contributed by atoms with Crippen molar-refractivity contribution in [3.05, 3.63) is 18.0 Å². The molecule has 7 heteroatoms. The number of urea groups is 1. The van der Waals surface area contributed by atoms with Crippen molar-refractivity contribution >= 4 is 12.0 Å². The Hall–Kier alpha value is -2.05. The second kappa shape index (κ2) is 5.94. The van der Waals surface area contributed by atoms with Gasteiger partial charge < -0.3 is 19.8 Å². The number of amides is 2. The first-order valence-corrected chi connectivity index (χ1v) is 6.73. The van der Waals surface area contributed by atoms with E-state index in [1.165, 1.54) is 6.20 Å². The Bertz CT molecular complexity index is 474. The molecule has 1 fully saturated rings. The summed E-state index contributed by atoms with van der Waals surface area (Å²) in [6.45, 7) is 2.93. The fourth-order valence-corrected chi connectivity index (χ4v) is 2.53. The molecule has 0 aliphatic carbocycles. The van der Waals surface area contributed by atoms with Gasteiger partial charge in [0.15, 0.2) is 5.76 Å². The van der Waals surface area contributed by atoms with Crippen LogP contribution in [0, 0.1) is 5.41 Å². The molecule has 20 heavy (non-hydrogen) atoms. The van der Waals surface area contributed by atoms with Gasteiger partial charge in [-0.2, -0.15) is 0 Å². The van der Waals surface area contributed by atoms with Crippen LogP contribution in [0.5, 0.6) is 0 Å². The minimum atomic E-state index is -0.826. The van der Waals surface area contributed by atoms with Crippen LogP contribution in [0.25, 0.3) is 0 Å². The zero-order valence-electron chi connectivity index (χ0n) is 11.5. The Labute approximate surface area is 116 Å². The first-order valence-electron chi connectivity index (χ1n) is 6.73. The fourth-order valence-electron chi connectivity index (χ4n) is 2.53. The molecule has 1 aromatic heterocycles. The molecule has 0 aromatic carbocycles. The van der Waals surface area contributed by atoms with Gasteiger partial charge in [-0.05, 0) is 19.3 Å². The SMILES string of the molecule is CCC1(C(=O)O)CCCN(C(=O)NCc2ccno2)C1. The molecule has 2 rings (SSSR count). The molecule has 1 aromatic rings. The summed E-state index contributed by atoms with van der Waals surface area (Å²) in [5.41, 5.74) is -0.818. The summed E-state index contributed by atoms with van der Waals surface area (Å²) in [6, 6.07) is 1.41. The maximum Gasteiger partial charge on any atom is 0.317 e. The van der Waals surface area contributed by atoms with Gasteiger partial charge in [0, 0.05) is 19.2 Å². The summed E-state index contributed by atoms with van der Waals surface area (Å²) in [7, 11) is 0. The summed E-state index contributed by atoms with van der Waals surface area (Å²) in [4.78, 5) is 25.1. The van der Waals surface area contributed by atoms with E-state index in [0.717, 1.165) is 0 Å². The fraction of sp³-hybridized carbons (Fsp3) is 0.615. The van der Waals surface area contributed by atoms with Gasteiger partial charge in [-0.1, -0.05) is 12.1 Å². The Balaban J connectivity index is 1.94. The minimum absolute atomic E-state index is 0.251. The first kappa shape index (κ1) is 14.4. The van der Waals surface area contributed by atoms with Gasteiger partial charge in [0.25, 0.3) is 0 Å². The van der Waals surface area contributed by atoms with Gasteiger partial charge in [-0.25, -0.2) is 4.79 Å².